The molecule has 2 amide bonds. The molecule has 0 unspecified atom stereocenters. The number of nitrogens with one attached hydrogen (secondary N) is 2. The molecule has 4 atom stereocenters. The molecule has 2 fully saturated rings. The van der Waals surface area contributed by atoms with Crippen LogP contribution < -0.4 is 0 Å². The summed E-state index contributed by atoms with van der Waals surface area (Å²) in [6, 6.07) is 32.2. The number of H-pyrrole nitrogens is 2. The minimum absolute atomic E-state index is 0.0512. The Morgan fingerprint density at radius 1 is 0.724 bits per heavy atom. The van der Waals surface area contributed by atoms with Crippen LogP contribution in [0.2, 0.25) is 5.02 Å². The number of carbonyl (C=O) groups excluding carboxylic acids is 2. The second kappa shape index (κ2) is 17.6. The number of aromatic amines is 2. The number of halogens is 1. The lowest BCUT2D eigenvalue weighted by molar-refractivity contribution is -0.188. The Morgan fingerprint density at radius 3 is 1.78 bits per heavy atom. The predicted molar refractivity (Wildman–Crippen MR) is 221 cm³/mol. The summed E-state index contributed by atoms with van der Waals surface area (Å²) in [6.07, 6.45) is 7.46. The monoisotopic (exact) mass is 797 g/mol. The van der Waals surface area contributed by atoms with Crippen LogP contribution >= 0.6 is 11.6 Å². The zero-order valence-corrected chi connectivity index (χ0v) is 33.0. The Morgan fingerprint density at radius 2 is 1.24 bits per heavy atom. The van der Waals surface area contributed by atoms with Crippen molar-refractivity contribution >= 4 is 29.8 Å². The van der Waals surface area contributed by atoms with Gasteiger partial charge in [0.1, 0.15) is 11.6 Å². The summed E-state index contributed by atoms with van der Waals surface area (Å²) in [5.74, 6) is 1.25. The number of carbonyl (C=O) groups is 2. The minimum atomic E-state index is -0.896. The van der Waals surface area contributed by atoms with Crippen molar-refractivity contribution in [3.8, 4) is 33.6 Å². The fourth-order valence-corrected chi connectivity index (χ4v) is 8.28. The number of ether oxygens (including phenoxy) is 1. The van der Waals surface area contributed by atoms with Crippen molar-refractivity contribution in [3.05, 3.63) is 143 Å². The molecule has 6 aromatic rings. The number of aliphatic imine (C=N–C) groups is 1. The Balaban J connectivity index is 0.929. The van der Waals surface area contributed by atoms with E-state index in [4.69, 9.17) is 31.2 Å². The second-order valence-electron chi connectivity index (χ2n) is 14.4. The smallest absolute Gasteiger partial charge is 0.256 e. The Labute approximate surface area is 341 Å². The van der Waals surface area contributed by atoms with Gasteiger partial charge in [-0.2, -0.15) is 4.89 Å². The van der Waals surface area contributed by atoms with Crippen molar-refractivity contribution < 1.29 is 24.1 Å². The van der Waals surface area contributed by atoms with E-state index in [0.717, 1.165) is 82.9 Å². The third kappa shape index (κ3) is 8.04. The van der Waals surface area contributed by atoms with Crippen molar-refractivity contribution in [2.24, 2.45) is 4.99 Å². The summed E-state index contributed by atoms with van der Waals surface area (Å²) in [4.78, 5) is 61.6. The van der Waals surface area contributed by atoms with Gasteiger partial charge in [-0.3, -0.25) is 9.59 Å². The number of benzene rings is 4. The molecule has 2 aromatic heterocycles. The Hall–Kier alpha value is -6.08. The topological polar surface area (TPSA) is 138 Å². The number of rotatable bonds is 13. The van der Waals surface area contributed by atoms with Crippen LogP contribution in [0.5, 0.6) is 0 Å². The van der Waals surface area contributed by atoms with Crippen molar-refractivity contribution in [1.82, 2.24) is 29.7 Å². The predicted octanol–water partition coefficient (Wildman–Crippen LogP) is 8.85. The van der Waals surface area contributed by atoms with Gasteiger partial charge in [0, 0.05) is 30.8 Å². The van der Waals surface area contributed by atoms with Crippen molar-refractivity contribution in [2.75, 3.05) is 27.3 Å². The van der Waals surface area contributed by atoms with Gasteiger partial charge in [0.05, 0.1) is 43.0 Å². The summed E-state index contributed by atoms with van der Waals surface area (Å²) in [6.45, 7) is 1.23. The minimum Gasteiger partial charge on any atom is -0.367 e. The van der Waals surface area contributed by atoms with Gasteiger partial charge in [0.2, 0.25) is 6.40 Å². The molecule has 0 radical (unpaired) electrons. The molecule has 58 heavy (non-hydrogen) atoms. The summed E-state index contributed by atoms with van der Waals surface area (Å²) in [7, 11) is 2.95. The molecule has 12 nitrogen and oxygen atoms in total. The van der Waals surface area contributed by atoms with E-state index >= 15 is 0 Å². The molecule has 296 valence electrons. The molecular formula is C45H44ClN7O5. The van der Waals surface area contributed by atoms with Gasteiger partial charge in [-0.1, -0.05) is 109 Å². The fourth-order valence-electron chi connectivity index (χ4n) is 8.04. The van der Waals surface area contributed by atoms with E-state index in [0.29, 0.717) is 23.7 Å². The number of hydrogen-bond acceptors (Lipinski definition) is 8. The number of nitrogens with zero attached hydrogens (tertiary/aromatic N) is 5. The Bertz CT molecular complexity index is 2360. The number of likely N-dealkylation sites (tertiary alicyclic amines) is 2. The van der Waals surface area contributed by atoms with Crippen LogP contribution in [0.1, 0.15) is 72.7 Å². The maximum absolute atomic E-state index is 14.0. The largest absolute Gasteiger partial charge is 0.367 e. The van der Waals surface area contributed by atoms with Crippen LogP contribution in [-0.2, 0) is 24.1 Å². The average Bonchev–Trinajstić information content (AvgIpc) is 4.11. The van der Waals surface area contributed by atoms with E-state index in [-0.39, 0.29) is 23.9 Å². The molecule has 0 saturated carbocycles. The van der Waals surface area contributed by atoms with E-state index < -0.39 is 12.1 Å². The zero-order valence-electron chi connectivity index (χ0n) is 32.3. The molecule has 0 bridgehead atoms. The molecule has 2 saturated heterocycles. The summed E-state index contributed by atoms with van der Waals surface area (Å²) in [5, 5.41) is 0.445. The maximum atomic E-state index is 14.0. The first-order valence-electron chi connectivity index (χ1n) is 19.4. The van der Waals surface area contributed by atoms with Gasteiger partial charge in [-0.25, -0.2) is 15.0 Å². The zero-order chi connectivity index (χ0) is 40.0. The number of hydrogen-bond donors (Lipinski definition) is 2. The summed E-state index contributed by atoms with van der Waals surface area (Å²) < 4.78 is 5.66. The van der Waals surface area contributed by atoms with Gasteiger partial charge in [-0.05, 0) is 59.6 Å². The molecule has 13 heteroatoms. The van der Waals surface area contributed by atoms with Gasteiger partial charge in [0.15, 0.2) is 12.1 Å². The molecule has 4 aromatic carbocycles. The van der Waals surface area contributed by atoms with Crippen LogP contribution in [0.4, 0.5) is 0 Å². The van der Waals surface area contributed by atoms with Crippen LogP contribution in [0, 0.1) is 0 Å². The molecule has 2 N–H and O–H groups in total. The first-order chi connectivity index (χ1) is 28.4. The molecular weight excluding hydrogens is 754 g/mol. The lowest BCUT2D eigenvalue weighted by Crippen LogP contribution is -2.35. The third-order valence-corrected chi connectivity index (χ3v) is 11.3. The van der Waals surface area contributed by atoms with Crippen molar-refractivity contribution in [2.45, 2.75) is 49.9 Å². The van der Waals surface area contributed by atoms with Crippen molar-refractivity contribution in [1.29, 1.82) is 0 Å². The van der Waals surface area contributed by atoms with Crippen LogP contribution in [0.3, 0.4) is 0 Å². The number of aromatic nitrogens is 4. The normalized spacial score (nSPS) is 17.8. The number of imidazole rings is 2. The van der Waals surface area contributed by atoms with E-state index in [9.17, 15) is 9.59 Å². The van der Waals surface area contributed by atoms with Gasteiger partial charge in [0.25, 0.3) is 11.8 Å². The van der Waals surface area contributed by atoms with E-state index in [1.54, 1.807) is 19.2 Å². The first kappa shape index (κ1) is 38.8. The van der Waals surface area contributed by atoms with Crippen LogP contribution in [0.25, 0.3) is 33.6 Å². The fraction of sp³-hybridized carbons (Fsp3) is 0.267. The van der Waals surface area contributed by atoms with E-state index in [1.807, 2.05) is 64.7 Å². The highest BCUT2D eigenvalue weighted by molar-refractivity contribution is 6.31. The lowest BCUT2D eigenvalue weighted by atomic mass is 10.0. The quantitative estimate of drug-likeness (QED) is 0.0516. The highest BCUT2D eigenvalue weighted by Crippen LogP contribution is 2.38. The standard InChI is InChI=1S/C45H44ClN7O5/c1-56-41(33-10-4-3-5-11-33)45(55)53-25-9-15-39(53)43-48-27-37(51-43)32-22-18-30(19-23-32)29-16-20-31(21-17-29)36-26-47-42(50-36)38-14-8-24-52(38)44(54)40(49-28-58-57-2)34-12-6-7-13-35(34)46/h3-7,10-13,16-23,26-28,38-41H,8-9,14-15,24-25H2,1-2H3,(H,47,50)(H,48,51)/t38-,39-,40+,41+/m0/s1. The second-order valence-corrected chi connectivity index (χ2v) is 14.8. The molecule has 8 rings (SSSR count). The molecule has 4 heterocycles. The van der Waals surface area contributed by atoms with E-state index in [1.165, 1.54) is 7.11 Å². The molecule has 0 spiro atoms. The summed E-state index contributed by atoms with van der Waals surface area (Å²) in [5.41, 5.74) is 7.32. The molecule has 2 aliphatic rings. The van der Waals surface area contributed by atoms with Crippen molar-refractivity contribution in [3.63, 3.8) is 0 Å². The first-order valence-corrected chi connectivity index (χ1v) is 19.8. The molecule has 0 aliphatic carbocycles. The van der Waals surface area contributed by atoms with Crippen LogP contribution in [-0.4, -0.2) is 75.3 Å². The third-order valence-electron chi connectivity index (χ3n) is 11.0. The van der Waals surface area contributed by atoms with Gasteiger partial charge in [-0.15, -0.1) is 0 Å². The van der Waals surface area contributed by atoms with E-state index in [2.05, 4.69) is 68.4 Å². The van der Waals surface area contributed by atoms with Gasteiger partial charge < -0.3 is 29.4 Å². The van der Waals surface area contributed by atoms with Gasteiger partial charge >= 0.3 is 0 Å². The number of amides is 2. The summed E-state index contributed by atoms with van der Waals surface area (Å²) >= 11 is 6.50. The average molecular weight is 798 g/mol. The highest BCUT2D eigenvalue weighted by Gasteiger charge is 2.38. The maximum Gasteiger partial charge on any atom is 0.256 e. The number of methoxy groups -OCH3 is 1. The SMILES string of the molecule is COOC=N[C@@H](C(=O)N1CCC[C@H]1c1ncc(-c2ccc(-c3ccc(-c4cnc([C@@H]5CCCN5C(=O)[C@H](OC)c5ccccc5)[nH]4)cc3)cc2)[nH]1)c1ccccc1Cl. The lowest BCUT2D eigenvalue weighted by Gasteiger charge is -2.27. The Kier molecular flexibility index (Phi) is 11.8. The highest BCUT2D eigenvalue weighted by atomic mass is 35.5. The molecule has 2 aliphatic heterocycles. The van der Waals surface area contributed by atoms with Crippen LogP contribution in [0.15, 0.2) is 121 Å².